The molecule has 1 aromatic carbocycles. The Morgan fingerprint density at radius 1 is 1.08 bits per heavy atom. The summed E-state index contributed by atoms with van der Waals surface area (Å²) in [5, 5.41) is 0. The summed E-state index contributed by atoms with van der Waals surface area (Å²) in [7, 11) is 1.58. The van der Waals surface area contributed by atoms with Crippen molar-refractivity contribution in [3.8, 4) is 12.0 Å². The van der Waals surface area contributed by atoms with Gasteiger partial charge in [-0.1, -0.05) is 24.3 Å². The van der Waals surface area contributed by atoms with E-state index in [4.69, 9.17) is 23.7 Å². The lowest BCUT2D eigenvalue weighted by atomic mass is 10.1. The van der Waals surface area contributed by atoms with Gasteiger partial charge in [0, 0.05) is 20.2 Å². The van der Waals surface area contributed by atoms with E-state index in [9.17, 15) is 9.59 Å². The Kier molecular flexibility index (Phi) is 9.30. The second kappa shape index (κ2) is 13.0. The zero-order valence-corrected chi connectivity index (χ0v) is 21.9. The van der Waals surface area contributed by atoms with Crippen LogP contribution in [0, 0.1) is 5.92 Å². The maximum atomic E-state index is 12.5. The normalized spacial score (nSPS) is 12.8. The predicted octanol–water partition coefficient (Wildman–Crippen LogP) is 3.80. The minimum Gasteiger partial charge on any atom is -0.461 e. The number of carbonyl (C=O) groups is 2. The van der Waals surface area contributed by atoms with Crippen LogP contribution in [0.2, 0.25) is 0 Å². The van der Waals surface area contributed by atoms with Crippen molar-refractivity contribution in [3.05, 3.63) is 41.6 Å². The summed E-state index contributed by atoms with van der Waals surface area (Å²) in [6.07, 6.45) is 2.59. The van der Waals surface area contributed by atoms with Crippen LogP contribution in [0.25, 0.3) is 11.2 Å². The highest BCUT2D eigenvalue weighted by Gasteiger charge is 2.27. The van der Waals surface area contributed by atoms with Gasteiger partial charge in [0.1, 0.15) is 12.1 Å². The second-order valence-electron chi connectivity index (χ2n) is 8.81. The topological polar surface area (TPSA) is 127 Å². The molecule has 2 heterocycles. The number of methoxy groups -OCH3 is 1. The number of carbonyl (C=O) groups excluding carboxylic acids is 2. The average molecular weight is 528 g/mol. The van der Waals surface area contributed by atoms with Gasteiger partial charge in [-0.05, 0) is 43.7 Å². The van der Waals surface area contributed by atoms with E-state index < -0.39 is 6.16 Å². The fraction of sp³-hybridized carbons (Fsp3) is 0.500. The summed E-state index contributed by atoms with van der Waals surface area (Å²) >= 11 is 0. The molecular formula is C26H33N5O7. The molecule has 1 amide bonds. The molecule has 0 saturated heterocycles. The van der Waals surface area contributed by atoms with E-state index in [0.29, 0.717) is 43.4 Å². The van der Waals surface area contributed by atoms with Crippen molar-refractivity contribution in [2.75, 3.05) is 40.1 Å². The summed E-state index contributed by atoms with van der Waals surface area (Å²) < 4.78 is 27.8. The molecule has 0 bridgehead atoms. The van der Waals surface area contributed by atoms with Crippen molar-refractivity contribution in [2.45, 2.75) is 39.8 Å². The summed E-state index contributed by atoms with van der Waals surface area (Å²) in [6, 6.07) is 8.00. The molecule has 1 fully saturated rings. The smallest absolute Gasteiger partial charge is 0.461 e. The first kappa shape index (κ1) is 27.1. The fourth-order valence-corrected chi connectivity index (χ4v) is 3.87. The Morgan fingerprint density at radius 3 is 2.61 bits per heavy atom. The third-order valence-corrected chi connectivity index (χ3v) is 5.79. The highest BCUT2D eigenvalue weighted by Crippen LogP contribution is 2.30. The molecular weight excluding hydrogens is 494 g/mol. The molecule has 38 heavy (non-hydrogen) atoms. The quantitative estimate of drug-likeness (QED) is 0.239. The minimum absolute atomic E-state index is 0.0223. The maximum Gasteiger partial charge on any atom is 0.516 e. The maximum absolute atomic E-state index is 12.5. The number of hydrogen-bond donors (Lipinski definition) is 0. The van der Waals surface area contributed by atoms with Gasteiger partial charge in [-0.3, -0.25) is 4.57 Å². The highest BCUT2D eigenvalue weighted by atomic mass is 16.7. The van der Waals surface area contributed by atoms with Crippen molar-refractivity contribution in [1.29, 1.82) is 0 Å². The predicted molar refractivity (Wildman–Crippen MR) is 136 cm³/mol. The molecule has 0 N–H and O–H groups in total. The van der Waals surface area contributed by atoms with Gasteiger partial charge in [0.2, 0.25) is 0 Å². The lowest BCUT2D eigenvalue weighted by Crippen LogP contribution is -2.33. The number of benzene rings is 1. The van der Waals surface area contributed by atoms with E-state index >= 15 is 0 Å². The molecule has 0 radical (unpaired) electrons. The molecule has 1 aliphatic carbocycles. The lowest BCUT2D eigenvalue weighted by Gasteiger charge is -2.22. The van der Waals surface area contributed by atoms with E-state index in [1.54, 1.807) is 30.4 Å². The molecule has 204 valence electrons. The third kappa shape index (κ3) is 7.31. The number of aromatic nitrogens is 4. The van der Waals surface area contributed by atoms with Crippen molar-refractivity contribution in [3.63, 3.8) is 0 Å². The van der Waals surface area contributed by atoms with Gasteiger partial charge < -0.3 is 28.6 Å². The molecule has 1 saturated carbocycles. The number of ether oxygens (including phenoxy) is 5. The van der Waals surface area contributed by atoms with Crippen LogP contribution in [0.4, 0.5) is 9.59 Å². The third-order valence-electron chi connectivity index (χ3n) is 5.79. The molecule has 2 aromatic heterocycles. The van der Waals surface area contributed by atoms with E-state index in [2.05, 4.69) is 15.0 Å². The average Bonchev–Trinajstić information content (AvgIpc) is 3.66. The van der Waals surface area contributed by atoms with Crippen LogP contribution in [0.15, 0.2) is 30.5 Å². The van der Waals surface area contributed by atoms with Crippen molar-refractivity contribution < 1.29 is 33.3 Å². The van der Waals surface area contributed by atoms with Crippen molar-refractivity contribution in [2.24, 2.45) is 5.92 Å². The summed E-state index contributed by atoms with van der Waals surface area (Å²) in [5.41, 5.74) is 2.70. The van der Waals surface area contributed by atoms with E-state index in [-0.39, 0.29) is 37.9 Å². The standard InChI is InChI=1S/C26H33N5O7/c1-4-35-25(32)30(15-18-9-10-18)16-19-7-6-8-20(13-19)17-31-22-21(28-24(31)38-26(33)36-5-2)14-27-23(29-22)37-12-11-34-3/h6-8,13-14,18H,4-5,9-12,15-17H2,1-3H3. The first-order valence-electron chi connectivity index (χ1n) is 12.7. The van der Waals surface area contributed by atoms with Crippen LogP contribution in [-0.2, 0) is 27.3 Å². The summed E-state index contributed by atoms with van der Waals surface area (Å²) in [5.74, 6) is 0.530. The largest absolute Gasteiger partial charge is 0.516 e. The minimum atomic E-state index is -0.868. The fourth-order valence-electron chi connectivity index (χ4n) is 3.87. The van der Waals surface area contributed by atoms with Gasteiger partial charge in [0.05, 0.1) is 32.6 Å². The molecule has 3 aromatic rings. The highest BCUT2D eigenvalue weighted by molar-refractivity contribution is 5.73. The van der Waals surface area contributed by atoms with E-state index in [1.165, 1.54) is 6.20 Å². The van der Waals surface area contributed by atoms with Crippen LogP contribution < -0.4 is 9.47 Å². The van der Waals surface area contributed by atoms with E-state index in [0.717, 1.165) is 24.0 Å². The zero-order valence-electron chi connectivity index (χ0n) is 21.9. The van der Waals surface area contributed by atoms with Crippen molar-refractivity contribution >= 4 is 23.4 Å². The van der Waals surface area contributed by atoms with Gasteiger partial charge in [-0.2, -0.15) is 9.97 Å². The Balaban J connectivity index is 1.60. The Bertz CT molecular complexity index is 1240. The van der Waals surface area contributed by atoms with Crippen LogP contribution in [0.5, 0.6) is 12.0 Å². The number of nitrogens with zero attached hydrogens (tertiary/aromatic N) is 5. The summed E-state index contributed by atoms with van der Waals surface area (Å²) in [4.78, 5) is 39.4. The molecule has 0 spiro atoms. The number of rotatable bonds is 13. The van der Waals surface area contributed by atoms with Gasteiger partial charge in [-0.15, -0.1) is 0 Å². The molecule has 4 rings (SSSR count). The van der Waals surface area contributed by atoms with Crippen LogP contribution in [0.1, 0.15) is 37.8 Å². The number of hydrogen-bond acceptors (Lipinski definition) is 10. The van der Waals surface area contributed by atoms with Gasteiger partial charge in [0.25, 0.3) is 0 Å². The Labute approximate surface area is 220 Å². The van der Waals surface area contributed by atoms with Crippen LogP contribution in [-0.4, -0.2) is 76.7 Å². The van der Waals surface area contributed by atoms with Crippen LogP contribution >= 0.6 is 0 Å². The molecule has 12 heteroatoms. The van der Waals surface area contributed by atoms with Gasteiger partial charge in [0.15, 0.2) is 5.65 Å². The monoisotopic (exact) mass is 527 g/mol. The lowest BCUT2D eigenvalue weighted by molar-refractivity contribution is 0.0993. The van der Waals surface area contributed by atoms with E-state index in [1.807, 2.05) is 24.3 Å². The second-order valence-corrected chi connectivity index (χ2v) is 8.81. The molecule has 0 atom stereocenters. The summed E-state index contributed by atoms with van der Waals surface area (Å²) in [6.45, 7) is 6.04. The zero-order chi connectivity index (χ0) is 26.9. The number of imidazole rings is 1. The van der Waals surface area contributed by atoms with Crippen molar-refractivity contribution in [1.82, 2.24) is 24.4 Å². The molecule has 0 aliphatic heterocycles. The van der Waals surface area contributed by atoms with Gasteiger partial charge in [-0.25, -0.2) is 14.6 Å². The molecule has 1 aliphatic rings. The first-order chi connectivity index (χ1) is 18.5. The molecule has 12 nitrogen and oxygen atoms in total. The molecule has 0 unspecified atom stereocenters. The first-order valence-corrected chi connectivity index (χ1v) is 12.7. The SMILES string of the molecule is CCOC(=O)Oc1nc2cnc(OCCOC)nc2n1Cc1cccc(CN(CC2CC2)C(=O)OCC)c1. The Morgan fingerprint density at radius 2 is 1.87 bits per heavy atom. The number of amides is 1. The van der Waals surface area contributed by atoms with Gasteiger partial charge >= 0.3 is 24.3 Å². The Hall–Kier alpha value is -3.93. The number of fused-ring (bicyclic) bond motifs is 1. The van der Waals surface area contributed by atoms with Crippen LogP contribution in [0.3, 0.4) is 0 Å².